The van der Waals surface area contributed by atoms with Crippen LogP contribution in [0.1, 0.15) is 85.7 Å². The van der Waals surface area contributed by atoms with E-state index in [1.165, 1.54) is 11.1 Å². The molecule has 0 aliphatic heterocycles. The predicted molar refractivity (Wildman–Crippen MR) is 161 cm³/mol. The second kappa shape index (κ2) is 18.2. The lowest BCUT2D eigenvalue weighted by atomic mass is 10.0. The largest absolute Gasteiger partial charge is 0.356 e. The van der Waals surface area contributed by atoms with Crippen molar-refractivity contribution in [1.82, 2.24) is 15.5 Å². The molecule has 2 unspecified atom stereocenters. The minimum Gasteiger partial charge on any atom is -0.356 e. The zero-order valence-electron chi connectivity index (χ0n) is 25.0. The first-order valence-corrected chi connectivity index (χ1v) is 14.2. The number of benzene rings is 2. The van der Waals surface area contributed by atoms with Crippen molar-refractivity contribution in [3.8, 4) is 0 Å². The Morgan fingerprint density at radius 1 is 0.821 bits per heavy atom. The fraction of sp³-hybridized carbons (Fsp3) is 0.531. The van der Waals surface area contributed by atoms with Crippen LogP contribution in [0.25, 0.3) is 0 Å². The molecule has 2 atom stereocenters. The molecular formula is C32H50N4O3. The molecule has 0 aliphatic rings. The minimum absolute atomic E-state index is 0.0228. The lowest BCUT2D eigenvalue weighted by molar-refractivity contribution is -0.124. The van der Waals surface area contributed by atoms with Gasteiger partial charge in [-0.15, -0.1) is 0 Å². The number of aryl methyl sites for hydroxylation is 2. The van der Waals surface area contributed by atoms with E-state index in [1.54, 1.807) is 24.3 Å². The molecule has 2 aromatic carbocycles. The molecule has 0 saturated heterocycles. The first-order valence-electron chi connectivity index (χ1n) is 14.2. The van der Waals surface area contributed by atoms with Crippen molar-refractivity contribution in [2.75, 3.05) is 26.2 Å². The third-order valence-corrected chi connectivity index (χ3v) is 6.18. The number of carbonyl (C=O) groups is 3. The Kier molecular flexibility index (Phi) is 15.8. The summed E-state index contributed by atoms with van der Waals surface area (Å²) in [6.45, 7) is 16.5. The maximum absolute atomic E-state index is 12.8. The molecule has 0 spiro atoms. The lowest BCUT2D eigenvalue weighted by Crippen LogP contribution is -2.41. The van der Waals surface area contributed by atoms with E-state index in [2.05, 4.69) is 48.7 Å². The van der Waals surface area contributed by atoms with Gasteiger partial charge in [-0.3, -0.25) is 14.4 Å². The van der Waals surface area contributed by atoms with Gasteiger partial charge in [0.1, 0.15) is 0 Å². The van der Waals surface area contributed by atoms with Crippen LogP contribution in [-0.2, 0) is 4.79 Å². The maximum Gasteiger partial charge on any atom is 0.253 e. The summed E-state index contributed by atoms with van der Waals surface area (Å²) in [5, 5.41) is 5.72. The second-order valence-electron chi connectivity index (χ2n) is 10.8. The molecule has 0 radical (unpaired) electrons. The fourth-order valence-electron chi connectivity index (χ4n) is 3.92. The van der Waals surface area contributed by atoms with E-state index < -0.39 is 0 Å². The van der Waals surface area contributed by atoms with Gasteiger partial charge in [-0.05, 0) is 57.2 Å². The van der Waals surface area contributed by atoms with Crippen LogP contribution in [0.4, 0.5) is 0 Å². The monoisotopic (exact) mass is 538 g/mol. The molecule has 7 nitrogen and oxygen atoms in total. The molecule has 0 heterocycles. The van der Waals surface area contributed by atoms with Gasteiger partial charge in [0.25, 0.3) is 11.8 Å². The van der Waals surface area contributed by atoms with Gasteiger partial charge in [0.15, 0.2) is 0 Å². The van der Waals surface area contributed by atoms with Crippen molar-refractivity contribution in [1.29, 1.82) is 0 Å². The Labute approximate surface area is 235 Å². The quantitative estimate of drug-likeness (QED) is 0.330. The molecule has 0 bridgehead atoms. The minimum atomic E-state index is -0.335. The number of nitrogens with two attached hydrogens (primary N) is 1. The number of hydrogen-bond acceptors (Lipinski definition) is 4. The molecule has 3 amide bonds. The van der Waals surface area contributed by atoms with Crippen LogP contribution in [-0.4, -0.2) is 54.8 Å². The van der Waals surface area contributed by atoms with E-state index in [0.717, 1.165) is 12.8 Å². The van der Waals surface area contributed by atoms with Crippen molar-refractivity contribution in [2.45, 2.75) is 73.8 Å². The molecule has 0 saturated carbocycles. The summed E-state index contributed by atoms with van der Waals surface area (Å²) >= 11 is 0. The van der Waals surface area contributed by atoms with Crippen molar-refractivity contribution in [3.63, 3.8) is 0 Å². The molecule has 0 aliphatic carbocycles. The number of hydrogen-bond donors (Lipinski definition) is 3. The van der Waals surface area contributed by atoms with Gasteiger partial charge in [0.05, 0.1) is 0 Å². The third kappa shape index (κ3) is 13.4. The van der Waals surface area contributed by atoms with Crippen molar-refractivity contribution in [2.24, 2.45) is 17.6 Å². The normalized spacial score (nSPS) is 12.1. The maximum atomic E-state index is 12.8. The highest BCUT2D eigenvalue weighted by molar-refractivity contribution is 5.99. The molecule has 2 rings (SSSR count). The van der Waals surface area contributed by atoms with Gasteiger partial charge < -0.3 is 21.3 Å². The number of carbonyl (C=O) groups excluding carboxylic acids is 3. The van der Waals surface area contributed by atoms with Crippen molar-refractivity contribution < 1.29 is 14.4 Å². The van der Waals surface area contributed by atoms with E-state index in [0.29, 0.717) is 43.1 Å². The van der Waals surface area contributed by atoms with E-state index in [1.807, 2.05) is 39.5 Å². The molecule has 0 aromatic heterocycles. The van der Waals surface area contributed by atoms with E-state index in [9.17, 15) is 14.4 Å². The fourth-order valence-corrected chi connectivity index (χ4v) is 3.92. The van der Waals surface area contributed by atoms with Crippen LogP contribution in [0, 0.1) is 25.7 Å². The Morgan fingerprint density at radius 2 is 1.36 bits per heavy atom. The standard InChI is InChI=1S/C24H40N4O3.C8H10/c1-6-11-28(12-7-2)24(31)20-10-8-9-19(14-20)23(30)27-16-21(25)13-18(5)22(29)26-15-17(3)4;1-7-3-5-8(2)6-4-7/h8-10,14,17-18,21H,6-7,11-13,15-16,25H2,1-5H3,(H,26,29)(H,27,30);3-6H,1-2H3. The molecule has 39 heavy (non-hydrogen) atoms. The highest BCUT2D eigenvalue weighted by Crippen LogP contribution is 2.11. The Bertz CT molecular complexity index is 993. The summed E-state index contributed by atoms with van der Waals surface area (Å²) in [6.07, 6.45) is 2.25. The van der Waals surface area contributed by atoms with Crippen molar-refractivity contribution in [3.05, 3.63) is 70.8 Å². The van der Waals surface area contributed by atoms with Gasteiger partial charge in [-0.2, -0.15) is 0 Å². The summed E-state index contributed by atoms with van der Waals surface area (Å²) in [7, 11) is 0. The predicted octanol–water partition coefficient (Wildman–Crippen LogP) is 5.11. The summed E-state index contributed by atoms with van der Waals surface area (Å²) in [6, 6.07) is 14.9. The lowest BCUT2D eigenvalue weighted by Gasteiger charge is -2.21. The average molecular weight is 539 g/mol. The Balaban J connectivity index is 0.000000806. The first-order chi connectivity index (χ1) is 18.5. The van der Waals surface area contributed by atoms with Crippen LogP contribution in [0.15, 0.2) is 48.5 Å². The van der Waals surface area contributed by atoms with Gasteiger partial charge in [0, 0.05) is 49.3 Å². The molecule has 2 aromatic rings. The summed E-state index contributed by atoms with van der Waals surface area (Å²) in [4.78, 5) is 39.3. The second-order valence-corrected chi connectivity index (χ2v) is 10.8. The molecule has 216 valence electrons. The molecule has 4 N–H and O–H groups in total. The Hall–Kier alpha value is -3.19. The zero-order valence-corrected chi connectivity index (χ0v) is 25.0. The van der Waals surface area contributed by atoms with Gasteiger partial charge >= 0.3 is 0 Å². The van der Waals surface area contributed by atoms with E-state index >= 15 is 0 Å². The smallest absolute Gasteiger partial charge is 0.253 e. The van der Waals surface area contributed by atoms with Gasteiger partial charge in [-0.1, -0.05) is 76.1 Å². The molecule has 7 heteroatoms. The highest BCUT2D eigenvalue weighted by Gasteiger charge is 2.19. The average Bonchev–Trinajstić information content (AvgIpc) is 2.91. The Morgan fingerprint density at radius 3 is 1.87 bits per heavy atom. The van der Waals surface area contributed by atoms with Crippen molar-refractivity contribution >= 4 is 17.7 Å². The van der Waals surface area contributed by atoms with E-state index in [-0.39, 0.29) is 36.2 Å². The summed E-state index contributed by atoms with van der Waals surface area (Å²) in [5.74, 6) is -0.196. The van der Waals surface area contributed by atoms with Gasteiger partial charge in [0.2, 0.25) is 5.91 Å². The summed E-state index contributed by atoms with van der Waals surface area (Å²) in [5.41, 5.74) is 9.72. The highest BCUT2D eigenvalue weighted by atomic mass is 16.2. The van der Waals surface area contributed by atoms with Crippen LogP contribution >= 0.6 is 0 Å². The molecular weight excluding hydrogens is 488 g/mol. The number of nitrogens with one attached hydrogen (secondary N) is 2. The van der Waals surface area contributed by atoms with E-state index in [4.69, 9.17) is 5.73 Å². The van der Waals surface area contributed by atoms with Gasteiger partial charge in [-0.25, -0.2) is 0 Å². The number of amides is 3. The SMILES string of the molecule is CCCN(CCC)C(=O)c1cccc(C(=O)NCC(N)CC(C)C(=O)NCC(C)C)c1.Cc1ccc(C)cc1. The topological polar surface area (TPSA) is 105 Å². The third-order valence-electron chi connectivity index (χ3n) is 6.18. The van der Waals surface area contributed by atoms with Crippen LogP contribution in [0.2, 0.25) is 0 Å². The number of nitrogens with zero attached hydrogens (tertiary/aromatic N) is 1. The van der Waals surface area contributed by atoms with Crippen LogP contribution < -0.4 is 16.4 Å². The summed E-state index contributed by atoms with van der Waals surface area (Å²) < 4.78 is 0. The molecule has 0 fully saturated rings. The zero-order chi connectivity index (χ0) is 29.4. The van der Waals surface area contributed by atoms with Crippen LogP contribution in [0.3, 0.4) is 0 Å². The number of rotatable bonds is 13. The van der Waals surface area contributed by atoms with Crippen LogP contribution in [0.5, 0.6) is 0 Å². The first kappa shape index (κ1) is 33.8.